The largest absolute Gasteiger partial charge is 0.331 e. The van der Waals surface area contributed by atoms with Gasteiger partial charge in [0.25, 0.3) is 15.9 Å². The quantitative estimate of drug-likeness (QED) is 0.357. The fourth-order valence-electron chi connectivity index (χ4n) is 3.72. The van der Waals surface area contributed by atoms with Gasteiger partial charge in [0.15, 0.2) is 0 Å². The monoisotopic (exact) mass is 498 g/mol. The van der Waals surface area contributed by atoms with Gasteiger partial charge in [-0.2, -0.15) is 0 Å². The van der Waals surface area contributed by atoms with E-state index >= 15 is 0 Å². The number of amides is 1. The molecule has 34 heavy (non-hydrogen) atoms. The lowest BCUT2D eigenvalue weighted by Gasteiger charge is -2.25. The van der Waals surface area contributed by atoms with Gasteiger partial charge in [-0.3, -0.25) is 9.10 Å². The summed E-state index contributed by atoms with van der Waals surface area (Å²) in [5.74, 6) is -0.606. The van der Waals surface area contributed by atoms with Crippen molar-refractivity contribution in [2.45, 2.75) is 30.3 Å². The van der Waals surface area contributed by atoms with Gasteiger partial charge in [-0.1, -0.05) is 48.0 Å². The van der Waals surface area contributed by atoms with Crippen molar-refractivity contribution in [3.63, 3.8) is 0 Å². The molecule has 0 N–H and O–H groups in total. The Bertz CT molecular complexity index is 1310. The highest BCUT2D eigenvalue weighted by atomic mass is 35.5. The Hall–Kier alpha value is -3.16. The maximum atomic E-state index is 13.5. The minimum atomic E-state index is -4.02. The van der Waals surface area contributed by atoms with Gasteiger partial charge in [0.2, 0.25) is 0 Å². The fourth-order valence-corrected chi connectivity index (χ4v) is 5.51. The molecule has 5 nitrogen and oxygen atoms in total. The van der Waals surface area contributed by atoms with Gasteiger partial charge in [-0.25, -0.2) is 12.8 Å². The summed E-state index contributed by atoms with van der Waals surface area (Å²) in [7, 11) is -4.02. The average Bonchev–Trinajstić information content (AvgIpc) is 3.68. The van der Waals surface area contributed by atoms with Crippen LogP contribution in [0, 0.1) is 5.82 Å². The number of para-hydroxylation sites is 1. The lowest BCUT2D eigenvalue weighted by atomic mass is 10.1. The zero-order valence-electron chi connectivity index (χ0n) is 18.4. The van der Waals surface area contributed by atoms with Crippen LogP contribution in [0.1, 0.15) is 28.8 Å². The number of halogens is 2. The molecular formula is C26H24ClFN2O3S. The lowest BCUT2D eigenvalue weighted by molar-refractivity contribution is 0.0729. The van der Waals surface area contributed by atoms with Crippen LogP contribution in [0.25, 0.3) is 0 Å². The molecule has 0 radical (unpaired) electrons. The average molecular weight is 499 g/mol. The molecule has 3 aromatic rings. The number of hydrogen-bond acceptors (Lipinski definition) is 3. The van der Waals surface area contributed by atoms with Crippen molar-refractivity contribution in [3.8, 4) is 0 Å². The molecule has 0 atom stereocenters. The van der Waals surface area contributed by atoms with Crippen LogP contribution in [-0.2, 0) is 16.6 Å². The molecule has 0 heterocycles. The van der Waals surface area contributed by atoms with Gasteiger partial charge in [0.05, 0.1) is 22.2 Å². The van der Waals surface area contributed by atoms with Crippen molar-refractivity contribution < 1.29 is 17.6 Å². The predicted molar refractivity (Wildman–Crippen MR) is 132 cm³/mol. The van der Waals surface area contributed by atoms with Gasteiger partial charge in [-0.05, 0) is 60.9 Å². The van der Waals surface area contributed by atoms with Gasteiger partial charge in [0, 0.05) is 18.2 Å². The molecule has 1 fully saturated rings. The molecule has 0 unspecified atom stereocenters. The summed E-state index contributed by atoms with van der Waals surface area (Å²) in [5, 5.41) is 0.291. The Kier molecular flexibility index (Phi) is 7.05. The van der Waals surface area contributed by atoms with Crippen LogP contribution >= 0.6 is 11.6 Å². The summed E-state index contributed by atoms with van der Waals surface area (Å²) >= 11 is 6.28. The highest BCUT2D eigenvalue weighted by molar-refractivity contribution is 7.92. The van der Waals surface area contributed by atoms with E-state index in [1.807, 2.05) is 0 Å². The van der Waals surface area contributed by atoms with E-state index in [-0.39, 0.29) is 34.8 Å². The Morgan fingerprint density at radius 3 is 2.41 bits per heavy atom. The van der Waals surface area contributed by atoms with Gasteiger partial charge < -0.3 is 4.90 Å². The second-order valence-electron chi connectivity index (χ2n) is 8.09. The molecule has 4 rings (SSSR count). The molecule has 0 saturated heterocycles. The highest BCUT2D eigenvalue weighted by Crippen LogP contribution is 2.32. The van der Waals surface area contributed by atoms with E-state index in [4.69, 9.17) is 11.6 Å². The lowest BCUT2D eigenvalue weighted by Crippen LogP contribution is -2.33. The van der Waals surface area contributed by atoms with E-state index < -0.39 is 10.0 Å². The normalized spacial score (nSPS) is 13.4. The second kappa shape index (κ2) is 9.99. The molecule has 176 valence electrons. The number of carbonyl (C=O) groups is 1. The molecule has 0 aromatic heterocycles. The number of anilines is 1. The molecule has 1 saturated carbocycles. The highest BCUT2D eigenvalue weighted by Gasteiger charge is 2.34. The Morgan fingerprint density at radius 2 is 1.76 bits per heavy atom. The number of nitrogens with zero attached hydrogens (tertiary/aromatic N) is 2. The minimum Gasteiger partial charge on any atom is -0.331 e. The summed E-state index contributed by atoms with van der Waals surface area (Å²) in [5.41, 5.74) is 1.41. The Balaban J connectivity index is 1.65. The molecule has 1 amide bonds. The van der Waals surface area contributed by atoms with E-state index in [0.29, 0.717) is 17.3 Å². The summed E-state index contributed by atoms with van der Waals surface area (Å²) < 4.78 is 41.6. The second-order valence-corrected chi connectivity index (χ2v) is 10.4. The van der Waals surface area contributed by atoms with Crippen molar-refractivity contribution in [3.05, 3.63) is 107 Å². The summed E-state index contributed by atoms with van der Waals surface area (Å²) in [4.78, 5) is 15.1. The first kappa shape index (κ1) is 24.0. The van der Waals surface area contributed by atoms with Gasteiger partial charge >= 0.3 is 0 Å². The van der Waals surface area contributed by atoms with E-state index in [1.54, 1.807) is 53.4 Å². The number of sulfonamides is 1. The van der Waals surface area contributed by atoms with Crippen LogP contribution in [0.3, 0.4) is 0 Å². The van der Waals surface area contributed by atoms with E-state index in [0.717, 1.165) is 18.4 Å². The van der Waals surface area contributed by atoms with Crippen molar-refractivity contribution in [1.29, 1.82) is 0 Å². The zero-order valence-corrected chi connectivity index (χ0v) is 20.0. The first-order chi connectivity index (χ1) is 16.3. The molecule has 3 aromatic carbocycles. The van der Waals surface area contributed by atoms with Crippen LogP contribution in [0.4, 0.5) is 10.1 Å². The number of rotatable bonds is 9. The van der Waals surface area contributed by atoms with Crippen molar-refractivity contribution >= 4 is 33.2 Å². The molecule has 1 aliphatic rings. The molecule has 0 aliphatic heterocycles. The van der Waals surface area contributed by atoms with E-state index in [9.17, 15) is 17.6 Å². The summed E-state index contributed by atoms with van der Waals surface area (Å²) in [6.45, 7) is 4.01. The molecule has 0 spiro atoms. The third-order valence-electron chi connectivity index (χ3n) is 5.60. The standard InChI is InChI=1S/C26H24ClFN2O3S/c1-2-16-30(25-9-4-3-8-24(25)27)34(32,33)23-7-5-6-20(17-23)26(31)29(22-14-15-22)18-19-10-12-21(28)13-11-19/h2-13,17,22H,1,14-16,18H2. The van der Waals surface area contributed by atoms with Crippen molar-refractivity contribution in [1.82, 2.24) is 4.90 Å². The van der Waals surface area contributed by atoms with E-state index in [2.05, 4.69) is 6.58 Å². The molecule has 0 bridgehead atoms. The van der Waals surface area contributed by atoms with Crippen molar-refractivity contribution in [2.24, 2.45) is 0 Å². The van der Waals surface area contributed by atoms with Crippen LogP contribution < -0.4 is 4.31 Å². The number of carbonyl (C=O) groups excluding carboxylic acids is 1. The SMILES string of the molecule is C=CCN(c1ccccc1Cl)S(=O)(=O)c1cccc(C(=O)N(Cc2ccc(F)cc2)C2CC2)c1. The molecule has 8 heteroatoms. The number of hydrogen-bond donors (Lipinski definition) is 0. The maximum absolute atomic E-state index is 13.5. The third-order valence-corrected chi connectivity index (χ3v) is 7.70. The zero-order chi connectivity index (χ0) is 24.3. The third kappa shape index (κ3) is 5.16. The van der Waals surface area contributed by atoms with E-state index in [1.165, 1.54) is 34.6 Å². The van der Waals surface area contributed by atoms with Crippen LogP contribution in [-0.4, -0.2) is 31.8 Å². The Labute approximate surface area is 204 Å². The maximum Gasteiger partial charge on any atom is 0.264 e. The minimum absolute atomic E-state index is 0.0161. The predicted octanol–water partition coefficient (Wildman–Crippen LogP) is 5.67. The van der Waals surface area contributed by atoms with Crippen LogP contribution in [0.2, 0.25) is 5.02 Å². The van der Waals surface area contributed by atoms with Crippen LogP contribution in [0.5, 0.6) is 0 Å². The first-order valence-corrected chi connectivity index (χ1v) is 12.7. The summed E-state index contributed by atoms with van der Waals surface area (Å²) in [6, 6.07) is 18.8. The smallest absolute Gasteiger partial charge is 0.264 e. The first-order valence-electron chi connectivity index (χ1n) is 10.8. The number of benzene rings is 3. The molecular weight excluding hydrogens is 475 g/mol. The van der Waals surface area contributed by atoms with Gasteiger partial charge in [0.1, 0.15) is 5.82 Å². The molecule has 1 aliphatic carbocycles. The van der Waals surface area contributed by atoms with Gasteiger partial charge in [-0.15, -0.1) is 6.58 Å². The van der Waals surface area contributed by atoms with Crippen LogP contribution in [0.15, 0.2) is 90.3 Å². The summed E-state index contributed by atoms with van der Waals surface area (Å²) in [6.07, 6.45) is 3.24. The van der Waals surface area contributed by atoms with Crippen molar-refractivity contribution in [2.75, 3.05) is 10.8 Å². The fraction of sp³-hybridized carbons (Fsp3) is 0.192. The Morgan fingerprint density at radius 1 is 1.06 bits per heavy atom. The topological polar surface area (TPSA) is 57.7 Å².